The lowest BCUT2D eigenvalue weighted by molar-refractivity contribution is 0.181. The van der Waals surface area contributed by atoms with Crippen molar-refractivity contribution in [3.05, 3.63) is 29.8 Å². The summed E-state index contributed by atoms with van der Waals surface area (Å²) in [5.41, 5.74) is 1.10. The summed E-state index contributed by atoms with van der Waals surface area (Å²) in [6, 6.07) is 7.86. The van der Waals surface area contributed by atoms with Crippen molar-refractivity contribution in [2.75, 3.05) is 13.2 Å². The van der Waals surface area contributed by atoms with E-state index in [-0.39, 0.29) is 6.10 Å². The van der Waals surface area contributed by atoms with Gasteiger partial charge in [0, 0.05) is 12.1 Å². The van der Waals surface area contributed by atoms with Gasteiger partial charge in [-0.25, -0.2) is 0 Å². The molecule has 0 aromatic heterocycles. The molecule has 0 bridgehead atoms. The first-order valence-corrected chi connectivity index (χ1v) is 6.27. The zero-order chi connectivity index (χ0) is 13.2. The van der Waals surface area contributed by atoms with Gasteiger partial charge in [-0.3, -0.25) is 0 Å². The minimum atomic E-state index is -0.224. The van der Waals surface area contributed by atoms with E-state index in [2.05, 4.69) is 11.2 Å². The van der Waals surface area contributed by atoms with Gasteiger partial charge < -0.3 is 15.2 Å². The highest BCUT2D eigenvalue weighted by atomic mass is 16.5. The minimum absolute atomic E-state index is 0.224. The second-order valence-corrected chi connectivity index (χ2v) is 4.27. The normalized spacial score (nSPS) is 11.8. The third-order valence-corrected chi connectivity index (χ3v) is 2.57. The summed E-state index contributed by atoms with van der Waals surface area (Å²) in [5, 5.41) is 12.5. The van der Waals surface area contributed by atoms with Crippen molar-refractivity contribution >= 4 is 0 Å². The van der Waals surface area contributed by atoms with Crippen LogP contribution in [0.15, 0.2) is 24.3 Å². The van der Waals surface area contributed by atoms with Crippen LogP contribution in [0.2, 0.25) is 0 Å². The maximum absolute atomic E-state index is 9.14. The summed E-state index contributed by atoms with van der Waals surface area (Å²) in [4.78, 5) is 0. The molecule has 0 heterocycles. The average Bonchev–Trinajstić information content (AvgIpc) is 2.36. The van der Waals surface area contributed by atoms with Gasteiger partial charge in [0.1, 0.15) is 12.4 Å². The summed E-state index contributed by atoms with van der Waals surface area (Å²) < 4.78 is 5.47. The van der Waals surface area contributed by atoms with Gasteiger partial charge in [-0.05, 0) is 32.4 Å². The first kappa shape index (κ1) is 14.6. The van der Waals surface area contributed by atoms with Crippen LogP contribution in [-0.2, 0) is 6.54 Å². The van der Waals surface area contributed by atoms with E-state index in [1.165, 1.54) is 0 Å². The second-order valence-electron chi connectivity index (χ2n) is 4.27. The summed E-state index contributed by atoms with van der Waals surface area (Å²) in [5.74, 6) is 3.29. The summed E-state index contributed by atoms with van der Waals surface area (Å²) in [7, 11) is 0. The number of benzene rings is 1. The molecule has 0 aliphatic carbocycles. The Morgan fingerprint density at radius 3 is 2.94 bits per heavy atom. The molecular formula is C15H21NO2. The first-order valence-electron chi connectivity index (χ1n) is 6.27. The summed E-state index contributed by atoms with van der Waals surface area (Å²) in [6.07, 6.45) is 6.74. The number of rotatable bonds is 8. The average molecular weight is 247 g/mol. The van der Waals surface area contributed by atoms with Crippen molar-refractivity contribution in [1.82, 2.24) is 5.32 Å². The topological polar surface area (TPSA) is 41.5 Å². The lowest BCUT2D eigenvalue weighted by Gasteiger charge is -2.10. The molecule has 2 N–H and O–H groups in total. The molecule has 98 valence electrons. The van der Waals surface area contributed by atoms with E-state index in [9.17, 15) is 0 Å². The molecule has 0 fully saturated rings. The largest absolute Gasteiger partial charge is 0.481 e. The summed E-state index contributed by atoms with van der Waals surface area (Å²) in [6.45, 7) is 3.73. The molecule has 1 aromatic rings. The van der Waals surface area contributed by atoms with Gasteiger partial charge in [-0.2, -0.15) is 0 Å². The molecule has 0 aliphatic heterocycles. The smallest absolute Gasteiger partial charge is 0.148 e. The van der Waals surface area contributed by atoms with Crippen molar-refractivity contribution in [3.63, 3.8) is 0 Å². The number of aliphatic hydroxyl groups excluding tert-OH is 1. The zero-order valence-corrected chi connectivity index (χ0v) is 10.9. The Labute approximate surface area is 109 Å². The molecule has 0 aliphatic rings. The Morgan fingerprint density at radius 2 is 2.22 bits per heavy atom. The Hall–Kier alpha value is -1.50. The fourth-order valence-corrected chi connectivity index (χ4v) is 1.66. The van der Waals surface area contributed by atoms with Crippen molar-refractivity contribution in [2.24, 2.45) is 0 Å². The standard InChI is InChI=1S/C15H21NO2/c1-3-11-18-15-9-5-4-8-14(15)12-16-10-6-7-13(2)17/h1,4-5,8-9,13,16-17H,6-7,10-12H2,2H3. The van der Waals surface area contributed by atoms with E-state index >= 15 is 0 Å². The van der Waals surface area contributed by atoms with E-state index in [0.717, 1.165) is 37.2 Å². The highest BCUT2D eigenvalue weighted by Gasteiger charge is 2.02. The first-order chi connectivity index (χ1) is 8.74. The van der Waals surface area contributed by atoms with Gasteiger partial charge in [-0.1, -0.05) is 24.1 Å². The predicted molar refractivity (Wildman–Crippen MR) is 73.4 cm³/mol. The molecular weight excluding hydrogens is 226 g/mol. The molecule has 0 radical (unpaired) electrons. The summed E-state index contributed by atoms with van der Waals surface area (Å²) >= 11 is 0. The molecule has 1 atom stereocenters. The molecule has 1 unspecified atom stereocenters. The molecule has 0 amide bonds. The molecule has 1 aromatic carbocycles. The van der Waals surface area contributed by atoms with Crippen molar-refractivity contribution < 1.29 is 9.84 Å². The highest BCUT2D eigenvalue weighted by molar-refractivity contribution is 5.33. The SMILES string of the molecule is C#CCOc1ccccc1CNCCCC(C)O. The number of ether oxygens (including phenoxy) is 1. The van der Waals surface area contributed by atoms with Gasteiger partial charge in [0.2, 0.25) is 0 Å². The number of nitrogens with one attached hydrogen (secondary N) is 1. The fraction of sp³-hybridized carbons (Fsp3) is 0.467. The number of para-hydroxylation sites is 1. The quantitative estimate of drug-likeness (QED) is 0.545. The molecule has 3 heteroatoms. The van der Waals surface area contributed by atoms with Crippen molar-refractivity contribution in [2.45, 2.75) is 32.4 Å². The van der Waals surface area contributed by atoms with Gasteiger partial charge in [-0.15, -0.1) is 6.42 Å². The Morgan fingerprint density at radius 1 is 1.44 bits per heavy atom. The monoisotopic (exact) mass is 247 g/mol. The van der Waals surface area contributed by atoms with Crippen LogP contribution in [0.4, 0.5) is 0 Å². The van der Waals surface area contributed by atoms with Gasteiger partial charge in [0.15, 0.2) is 0 Å². The number of aliphatic hydroxyl groups is 1. The molecule has 0 spiro atoms. The van der Waals surface area contributed by atoms with Crippen LogP contribution in [0.25, 0.3) is 0 Å². The van der Waals surface area contributed by atoms with Crippen molar-refractivity contribution in [1.29, 1.82) is 0 Å². The lowest BCUT2D eigenvalue weighted by atomic mass is 10.2. The zero-order valence-electron chi connectivity index (χ0n) is 10.9. The molecule has 3 nitrogen and oxygen atoms in total. The van der Waals surface area contributed by atoms with Crippen LogP contribution >= 0.6 is 0 Å². The number of hydrogen-bond acceptors (Lipinski definition) is 3. The second kappa shape index (κ2) is 8.57. The third-order valence-electron chi connectivity index (χ3n) is 2.57. The van der Waals surface area contributed by atoms with Crippen molar-refractivity contribution in [3.8, 4) is 18.1 Å². The van der Waals surface area contributed by atoms with E-state index in [0.29, 0.717) is 6.61 Å². The minimum Gasteiger partial charge on any atom is -0.481 e. The van der Waals surface area contributed by atoms with E-state index in [4.69, 9.17) is 16.3 Å². The maximum atomic E-state index is 9.14. The maximum Gasteiger partial charge on any atom is 0.148 e. The Balaban J connectivity index is 2.35. The molecule has 0 saturated carbocycles. The van der Waals surface area contributed by atoms with Crippen LogP contribution in [0.1, 0.15) is 25.3 Å². The van der Waals surface area contributed by atoms with Gasteiger partial charge >= 0.3 is 0 Å². The molecule has 1 rings (SSSR count). The number of hydrogen-bond donors (Lipinski definition) is 2. The predicted octanol–water partition coefficient (Wildman–Crippen LogP) is 1.95. The highest BCUT2D eigenvalue weighted by Crippen LogP contribution is 2.17. The van der Waals surface area contributed by atoms with Crippen LogP contribution in [-0.4, -0.2) is 24.4 Å². The Bertz CT molecular complexity index is 382. The third kappa shape index (κ3) is 5.72. The van der Waals surface area contributed by atoms with Crippen LogP contribution in [0.5, 0.6) is 5.75 Å². The van der Waals surface area contributed by atoms with Gasteiger partial charge in [0.25, 0.3) is 0 Å². The van der Waals surface area contributed by atoms with Gasteiger partial charge in [0.05, 0.1) is 6.10 Å². The van der Waals surface area contributed by atoms with E-state index in [1.807, 2.05) is 31.2 Å². The van der Waals surface area contributed by atoms with Crippen LogP contribution in [0, 0.1) is 12.3 Å². The van der Waals surface area contributed by atoms with Crippen LogP contribution in [0.3, 0.4) is 0 Å². The fourth-order valence-electron chi connectivity index (χ4n) is 1.66. The molecule has 0 saturated heterocycles. The Kier molecular flexibility index (Phi) is 6.93. The number of terminal acetylenes is 1. The van der Waals surface area contributed by atoms with E-state index < -0.39 is 0 Å². The molecule has 18 heavy (non-hydrogen) atoms. The van der Waals surface area contributed by atoms with Crippen LogP contribution < -0.4 is 10.1 Å². The van der Waals surface area contributed by atoms with E-state index in [1.54, 1.807) is 0 Å². The lowest BCUT2D eigenvalue weighted by Crippen LogP contribution is -2.16.